The summed E-state index contributed by atoms with van der Waals surface area (Å²) in [4.78, 5) is 0. The largest absolute Gasteiger partial charge is 0.324 e. The molecule has 0 bridgehead atoms. The van der Waals surface area contributed by atoms with E-state index in [4.69, 9.17) is 5.73 Å². The lowest BCUT2D eigenvalue weighted by molar-refractivity contribution is 0.761. The fourth-order valence-electron chi connectivity index (χ4n) is 7.47. The SMILES string of the molecule is C[C@@H]1CC[C@@H](C)P1C(=CCC/C=C(/P1[C@@H](C)CC[C@@H]1C)P1[C@@H](C)CC[C@@H]1N)P1[C@H](C)CC[C@H]1C. The van der Waals surface area contributed by atoms with Gasteiger partial charge in [0.15, 0.2) is 0 Å². The molecule has 0 aromatic rings. The van der Waals surface area contributed by atoms with Crippen LogP contribution in [0.15, 0.2) is 22.3 Å². The van der Waals surface area contributed by atoms with Gasteiger partial charge in [-0.25, -0.2) is 0 Å². The van der Waals surface area contributed by atoms with E-state index in [2.05, 4.69) is 60.6 Å². The first-order valence-corrected chi connectivity index (χ1v) is 20.4. The molecule has 0 amide bonds. The van der Waals surface area contributed by atoms with Crippen LogP contribution in [-0.4, -0.2) is 45.4 Å². The highest BCUT2D eigenvalue weighted by molar-refractivity contribution is 7.83. The molecule has 4 fully saturated rings. The third-order valence-electron chi connectivity index (χ3n) is 9.45. The van der Waals surface area contributed by atoms with Crippen LogP contribution in [0.4, 0.5) is 0 Å². The monoisotopic (exact) mass is 539 g/mol. The lowest BCUT2D eigenvalue weighted by Crippen LogP contribution is -2.15. The van der Waals surface area contributed by atoms with Crippen molar-refractivity contribution >= 4 is 31.7 Å². The van der Waals surface area contributed by atoms with Crippen molar-refractivity contribution in [3.8, 4) is 0 Å². The van der Waals surface area contributed by atoms with Crippen LogP contribution < -0.4 is 5.73 Å². The van der Waals surface area contributed by atoms with Crippen molar-refractivity contribution in [3.63, 3.8) is 0 Å². The number of allylic oxidation sites excluding steroid dienone is 2. The van der Waals surface area contributed by atoms with Gasteiger partial charge in [0, 0.05) is 5.78 Å². The molecular weight excluding hydrogens is 486 g/mol. The molecule has 1 nitrogen and oxygen atoms in total. The Hall–Kier alpha value is 1.16. The Kier molecular flexibility index (Phi) is 10.2. The Balaban J connectivity index is 1.57. The number of hydrogen-bond donors (Lipinski definition) is 1. The van der Waals surface area contributed by atoms with E-state index in [1.807, 2.05) is 10.1 Å². The molecule has 0 saturated carbocycles. The Bertz CT molecular complexity index is 596. The summed E-state index contributed by atoms with van der Waals surface area (Å²) in [7, 11) is 0.0742. The second kappa shape index (κ2) is 12.3. The van der Waals surface area contributed by atoms with Crippen LogP contribution in [0, 0.1) is 0 Å². The third-order valence-corrected chi connectivity index (χ3v) is 24.5. The molecule has 4 heterocycles. The Morgan fingerprint density at radius 1 is 0.500 bits per heavy atom. The Morgan fingerprint density at radius 3 is 1.06 bits per heavy atom. The molecule has 2 N–H and O–H groups in total. The average molecular weight is 540 g/mol. The van der Waals surface area contributed by atoms with Crippen LogP contribution in [0.25, 0.3) is 0 Å². The predicted octanol–water partition coefficient (Wildman–Crippen LogP) is 10.6. The summed E-state index contributed by atoms with van der Waals surface area (Å²) in [6.45, 7) is 18.0. The summed E-state index contributed by atoms with van der Waals surface area (Å²) >= 11 is 0. The maximum atomic E-state index is 6.80. The van der Waals surface area contributed by atoms with Crippen molar-refractivity contribution in [2.75, 3.05) is 0 Å². The van der Waals surface area contributed by atoms with Crippen LogP contribution in [-0.2, 0) is 0 Å². The first-order chi connectivity index (χ1) is 16.2. The van der Waals surface area contributed by atoms with E-state index in [1.165, 1.54) is 64.2 Å². The summed E-state index contributed by atoms with van der Waals surface area (Å²) in [5.74, 6) is 0.470. The van der Waals surface area contributed by atoms with E-state index in [0.29, 0.717) is 5.78 Å². The average Bonchev–Trinajstić information content (AvgIpc) is 3.51. The maximum absolute atomic E-state index is 6.80. The fraction of sp³-hybridized carbons (Fsp3) is 0.862. The van der Waals surface area contributed by atoms with Crippen molar-refractivity contribution in [2.24, 2.45) is 5.73 Å². The molecule has 4 rings (SSSR count). The topological polar surface area (TPSA) is 26.0 Å². The highest BCUT2D eigenvalue weighted by Gasteiger charge is 2.42. The van der Waals surface area contributed by atoms with Crippen molar-refractivity contribution in [1.82, 2.24) is 0 Å². The number of nitrogens with two attached hydrogens (primary N) is 1. The van der Waals surface area contributed by atoms with E-state index in [1.54, 1.807) is 0 Å². The molecule has 1 unspecified atom stereocenters. The van der Waals surface area contributed by atoms with Gasteiger partial charge in [0.25, 0.3) is 0 Å². The summed E-state index contributed by atoms with van der Waals surface area (Å²) in [6.07, 6.45) is 19.6. The second-order valence-corrected chi connectivity index (χ2v) is 24.9. The normalized spacial score (nSPS) is 42.7. The summed E-state index contributed by atoms with van der Waals surface area (Å²) < 4.78 is 0. The summed E-state index contributed by atoms with van der Waals surface area (Å²) in [5.41, 5.74) is 13.3. The standard InChI is InChI=1S/C29H53NP4/c1-20-12-13-21(2)31(20)28(32-22(3)14-15-23(32)4)10-8-9-11-29(33-24(5)16-17-25(33)6)34-26(7)18-19-27(34)30/h10-11,20-27H,8-9,12-19,30H2,1-7H3/b29-11-/t20-,21-,22-,23-,24+,25+,26+,27-,34?/m1/s1. The fourth-order valence-corrected chi connectivity index (χ4v) is 25.7. The predicted molar refractivity (Wildman–Crippen MR) is 164 cm³/mol. The molecule has 0 aromatic carbocycles. The minimum Gasteiger partial charge on any atom is -0.324 e. The third kappa shape index (κ3) is 5.91. The quantitative estimate of drug-likeness (QED) is 0.253. The van der Waals surface area contributed by atoms with Crippen molar-refractivity contribution < 1.29 is 0 Å². The van der Waals surface area contributed by atoms with Gasteiger partial charge in [-0.3, -0.25) is 0 Å². The van der Waals surface area contributed by atoms with Crippen molar-refractivity contribution in [2.45, 2.75) is 158 Å². The number of rotatable bonds is 7. The molecule has 4 saturated heterocycles. The zero-order valence-corrected chi connectivity index (χ0v) is 26.8. The van der Waals surface area contributed by atoms with E-state index in [-0.39, 0.29) is 31.7 Å². The zero-order valence-electron chi connectivity index (χ0n) is 23.2. The van der Waals surface area contributed by atoms with Gasteiger partial charge in [-0.15, -0.1) is 0 Å². The van der Waals surface area contributed by atoms with Crippen molar-refractivity contribution in [1.29, 1.82) is 0 Å². The highest BCUT2D eigenvalue weighted by atomic mass is 31.2. The molecule has 4 aliphatic heterocycles. The van der Waals surface area contributed by atoms with Gasteiger partial charge in [0.1, 0.15) is 0 Å². The molecule has 5 heteroatoms. The molecule has 0 radical (unpaired) electrons. The summed E-state index contributed by atoms with van der Waals surface area (Å²) in [6, 6.07) is 0. The molecule has 0 aromatic heterocycles. The van der Waals surface area contributed by atoms with Crippen LogP contribution in [0.1, 0.15) is 113 Å². The van der Waals surface area contributed by atoms with E-state index >= 15 is 0 Å². The second-order valence-electron chi connectivity index (χ2n) is 12.2. The van der Waals surface area contributed by atoms with Crippen LogP contribution in [0.5, 0.6) is 0 Å². The van der Waals surface area contributed by atoms with E-state index in [0.717, 1.165) is 39.6 Å². The van der Waals surface area contributed by atoms with E-state index < -0.39 is 0 Å². The maximum Gasteiger partial charge on any atom is 0.0287 e. The van der Waals surface area contributed by atoms with Crippen LogP contribution >= 0.6 is 31.7 Å². The van der Waals surface area contributed by atoms with Crippen molar-refractivity contribution in [3.05, 3.63) is 22.3 Å². The Morgan fingerprint density at radius 2 is 0.765 bits per heavy atom. The molecule has 0 spiro atoms. The lowest BCUT2D eigenvalue weighted by atomic mass is 10.2. The van der Waals surface area contributed by atoms with Gasteiger partial charge >= 0.3 is 0 Å². The molecule has 34 heavy (non-hydrogen) atoms. The van der Waals surface area contributed by atoms with Gasteiger partial charge in [0.05, 0.1) is 0 Å². The van der Waals surface area contributed by atoms with Gasteiger partial charge < -0.3 is 5.73 Å². The zero-order chi connectivity index (χ0) is 24.6. The summed E-state index contributed by atoms with van der Waals surface area (Å²) in [5, 5.41) is 3.93. The van der Waals surface area contributed by atoms with Crippen LogP contribution in [0.2, 0.25) is 0 Å². The molecule has 194 valence electrons. The lowest BCUT2D eigenvalue weighted by Gasteiger charge is -2.34. The Labute approximate surface area is 217 Å². The number of hydrogen-bond acceptors (Lipinski definition) is 1. The smallest absolute Gasteiger partial charge is 0.0287 e. The first kappa shape index (κ1) is 28.2. The molecule has 0 aliphatic carbocycles. The van der Waals surface area contributed by atoms with Gasteiger partial charge in [0.2, 0.25) is 0 Å². The minimum absolute atomic E-state index is 0.0241. The molecular formula is C29H53NP4. The van der Waals surface area contributed by atoms with E-state index in [9.17, 15) is 0 Å². The van der Waals surface area contributed by atoms with Gasteiger partial charge in [-0.2, -0.15) is 0 Å². The van der Waals surface area contributed by atoms with Gasteiger partial charge in [-0.05, 0) is 114 Å². The van der Waals surface area contributed by atoms with Crippen LogP contribution in [0.3, 0.4) is 0 Å². The minimum atomic E-state index is -0.118. The number of unbranched alkanes of at least 4 members (excludes halogenated alkanes) is 1. The first-order valence-electron chi connectivity index (χ1n) is 14.5. The molecule has 9 atom stereocenters. The molecule has 4 aliphatic rings. The van der Waals surface area contributed by atoms with Gasteiger partial charge in [-0.1, -0.05) is 92.3 Å². The highest BCUT2D eigenvalue weighted by Crippen LogP contribution is 2.76.